The molecule has 1 aliphatic rings. The molecule has 1 atom stereocenters. The Labute approximate surface area is 228 Å². The van der Waals surface area contributed by atoms with Gasteiger partial charge in [0.25, 0.3) is 0 Å². The van der Waals surface area contributed by atoms with Crippen LogP contribution in [-0.4, -0.2) is 49.9 Å². The predicted octanol–water partition coefficient (Wildman–Crippen LogP) is 8.05. The fourth-order valence-corrected chi connectivity index (χ4v) is 4.73. The van der Waals surface area contributed by atoms with Crippen LogP contribution in [0, 0.1) is 6.67 Å². The van der Waals surface area contributed by atoms with E-state index in [1.54, 1.807) is 7.11 Å². The van der Waals surface area contributed by atoms with Gasteiger partial charge in [-0.1, -0.05) is 115 Å². The number of nitrogens with zero attached hydrogens (tertiary/aromatic N) is 2. The zero-order valence-electron chi connectivity index (χ0n) is 24.2. The molecule has 1 heterocycles. The SMILES string of the molecule is CCCCCCCCCCCCCCCCOCC(COCc1cccc(CN2[CH]N(C)C=C2)c1)OC. The molecule has 0 saturated carbocycles. The van der Waals surface area contributed by atoms with E-state index in [1.807, 2.05) is 7.05 Å². The van der Waals surface area contributed by atoms with Gasteiger partial charge in [-0.3, -0.25) is 0 Å². The van der Waals surface area contributed by atoms with Gasteiger partial charge in [0, 0.05) is 39.7 Å². The van der Waals surface area contributed by atoms with Crippen molar-refractivity contribution in [3.05, 3.63) is 54.5 Å². The average molecular weight is 516 g/mol. The molecule has 1 unspecified atom stereocenters. The van der Waals surface area contributed by atoms with Crippen LogP contribution in [-0.2, 0) is 27.4 Å². The molecular formula is C32H55N2O3. The molecule has 37 heavy (non-hydrogen) atoms. The second-order valence-corrected chi connectivity index (χ2v) is 10.6. The molecule has 5 nitrogen and oxygen atoms in total. The quantitative estimate of drug-likeness (QED) is 0.130. The molecule has 0 N–H and O–H groups in total. The zero-order valence-corrected chi connectivity index (χ0v) is 24.2. The van der Waals surface area contributed by atoms with Crippen LogP contribution >= 0.6 is 0 Å². The number of benzene rings is 1. The Kier molecular flexibility index (Phi) is 18.3. The normalized spacial score (nSPS) is 14.1. The lowest BCUT2D eigenvalue weighted by Crippen LogP contribution is -2.24. The smallest absolute Gasteiger partial charge is 0.141 e. The lowest BCUT2D eigenvalue weighted by Gasteiger charge is -2.18. The van der Waals surface area contributed by atoms with Crippen LogP contribution in [0.1, 0.15) is 108 Å². The fraction of sp³-hybridized carbons (Fsp3) is 0.719. The number of hydrogen-bond acceptors (Lipinski definition) is 5. The maximum atomic E-state index is 5.95. The first kappa shape index (κ1) is 31.7. The summed E-state index contributed by atoms with van der Waals surface area (Å²) in [6.07, 6.45) is 23.4. The summed E-state index contributed by atoms with van der Waals surface area (Å²) in [4.78, 5) is 4.23. The van der Waals surface area contributed by atoms with E-state index in [9.17, 15) is 0 Å². The third-order valence-corrected chi connectivity index (χ3v) is 7.03. The zero-order chi connectivity index (χ0) is 26.4. The van der Waals surface area contributed by atoms with Gasteiger partial charge in [0.05, 0.1) is 19.8 Å². The highest BCUT2D eigenvalue weighted by molar-refractivity contribution is 5.23. The first-order valence-electron chi connectivity index (χ1n) is 15.0. The van der Waals surface area contributed by atoms with Gasteiger partial charge in [-0.15, -0.1) is 0 Å². The van der Waals surface area contributed by atoms with Crippen molar-refractivity contribution < 1.29 is 14.2 Å². The number of hydrogen-bond donors (Lipinski definition) is 0. The Morgan fingerprint density at radius 1 is 0.730 bits per heavy atom. The summed E-state index contributed by atoms with van der Waals surface area (Å²) >= 11 is 0. The van der Waals surface area contributed by atoms with Gasteiger partial charge in [-0.05, 0) is 17.5 Å². The molecule has 211 valence electrons. The summed E-state index contributed by atoms with van der Waals surface area (Å²) in [6.45, 7) is 7.79. The lowest BCUT2D eigenvalue weighted by atomic mass is 10.0. The summed E-state index contributed by atoms with van der Waals surface area (Å²) in [5, 5.41) is 0. The molecule has 0 fully saturated rings. The predicted molar refractivity (Wildman–Crippen MR) is 155 cm³/mol. The highest BCUT2D eigenvalue weighted by Crippen LogP contribution is 2.16. The van der Waals surface area contributed by atoms with E-state index in [4.69, 9.17) is 14.2 Å². The van der Waals surface area contributed by atoms with Crippen molar-refractivity contribution in [1.82, 2.24) is 9.80 Å². The minimum atomic E-state index is -0.0188. The number of methoxy groups -OCH3 is 1. The van der Waals surface area contributed by atoms with Gasteiger partial charge in [-0.25, -0.2) is 0 Å². The van der Waals surface area contributed by atoms with Gasteiger partial charge in [0.2, 0.25) is 0 Å². The first-order valence-corrected chi connectivity index (χ1v) is 15.0. The first-order chi connectivity index (χ1) is 18.2. The van der Waals surface area contributed by atoms with Crippen LogP contribution in [0.4, 0.5) is 0 Å². The van der Waals surface area contributed by atoms with Crippen LogP contribution in [0.15, 0.2) is 36.7 Å². The monoisotopic (exact) mass is 515 g/mol. The van der Waals surface area contributed by atoms with Crippen molar-refractivity contribution in [2.45, 2.75) is 116 Å². The third-order valence-electron chi connectivity index (χ3n) is 7.03. The Hall–Kier alpha value is -1.56. The van der Waals surface area contributed by atoms with E-state index < -0.39 is 0 Å². The Morgan fingerprint density at radius 3 is 1.92 bits per heavy atom. The average Bonchev–Trinajstić information content (AvgIpc) is 3.31. The summed E-state index contributed by atoms with van der Waals surface area (Å²) in [5.41, 5.74) is 2.46. The molecule has 0 spiro atoms. The fourth-order valence-electron chi connectivity index (χ4n) is 4.73. The number of ether oxygens (including phenoxy) is 3. The molecule has 1 aromatic carbocycles. The minimum Gasteiger partial charge on any atom is -0.379 e. The van der Waals surface area contributed by atoms with Crippen molar-refractivity contribution in [3.8, 4) is 0 Å². The summed E-state index contributed by atoms with van der Waals surface area (Å²) in [6, 6.07) is 8.60. The molecule has 0 bridgehead atoms. The standard InChI is InChI=1S/C32H55N2O3/c1-4-5-6-7-8-9-10-11-12-13-14-15-16-17-23-36-27-32(35-3)28-37-26-31-20-18-19-30(24-31)25-34-22-21-33(2)29-34/h18-22,24,29,32H,4-17,23,25-28H2,1-3H3. The van der Waals surface area contributed by atoms with Crippen LogP contribution in [0.3, 0.4) is 0 Å². The van der Waals surface area contributed by atoms with Gasteiger partial charge >= 0.3 is 0 Å². The van der Waals surface area contributed by atoms with Crippen molar-refractivity contribution in [2.75, 3.05) is 34.0 Å². The molecule has 0 aliphatic carbocycles. The molecule has 2 rings (SSSR count). The van der Waals surface area contributed by atoms with E-state index in [-0.39, 0.29) is 6.10 Å². The third kappa shape index (κ3) is 16.1. The second kappa shape index (κ2) is 21.4. The van der Waals surface area contributed by atoms with E-state index in [1.165, 1.54) is 94.6 Å². The van der Waals surface area contributed by atoms with Crippen molar-refractivity contribution in [2.24, 2.45) is 0 Å². The molecule has 1 radical (unpaired) electrons. The lowest BCUT2D eigenvalue weighted by molar-refractivity contribution is -0.0451. The molecule has 1 aromatic rings. The molecule has 0 saturated heterocycles. The van der Waals surface area contributed by atoms with Crippen molar-refractivity contribution in [3.63, 3.8) is 0 Å². The topological polar surface area (TPSA) is 34.2 Å². The highest BCUT2D eigenvalue weighted by Gasteiger charge is 2.11. The van der Waals surface area contributed by atoms with Crippen LogP contribution < -0.4 is 0 Å². The van der Waals surface area contributed by atoms with E-state index in [2.05, 4.69) is 60.1 Å². The van der Waals surface area contributed by atoms with E-state index >= 15 is 0 Å². The maximum absolute atomic E-state index is 5.95. The molecular weight excluding hydrogens is 460 g/mol. The number of unbranched alkanes of at least 4 members (excludes halogenated alkanes) is 13. The van der Waals surface area contributed by atoms with Crippen molar-refractivity contribution >= 4 is 0 Å². The van der Waals surface area contributed by atoms with Gasteiger partial charge in [-0.2, -0.15) is 0 Å². The largest absolute Gasteiger partial charge is 0.379 e. The van der Waals surface area contributed by atoms with Gasteiger partial charge < -0.3 is 24.0 Å². The van der Waals surface area contributed by atoms with E-state index in [0.717, 1.165) is 19.6 Å². The van der Waals surface area contributed by atoms with Crippen LogP contribution in [0.2, 0.25) is 0 Å². The second-order valence-electron chi connectivity index (χ2n) is 10.6. The Balaban J connectivity index is 1.40. The summed E-state index contributed by atoms with van der Waals surface area (Å²) < 4.78 is 17.4. The highest BCUT2D eigenvalue weighted by atomic mass is 16.6. The number of rotatable bonds is 24. The molecule has 1 aliphatic heterocycles. The summed E-state index contributed by atoms with van der Waals surface area (Å²) in [5.74, 6) is 0. The maximum Gasteiger partial charge on any atom is 0.141 e. The Bertz CT molecular complexity index is 696. The molecule has 5 heteroatoms. The van der Waals surface area contributed by atoms with Gasteiger partial charge in [0.15, 0.2) is 0 Å². The molecule has 0 aromatic heterocycles. The van der Waals surface area contributed by atoms with Gasteiger partial charge in [0.1, 0.15) is 12.8 Å². The Morgan fingerprint density at radius 2 is 1.32 bits per heavy atom. The van der Waals surface area contributed by atoms with Crippen LogP contribution in [0.5, 0.6) is 0 Å². The minimum absolute atomic E-state index is 0.0188. The van der Waals surface area contributed by atoms with E-state index in [0.29, 0.717) is 19.8 Å². The molecule has 0 amide bonds. The summed E-state index contributed by atoms with van der Waals surface area (Å²) in [7, 11) is 3.78. The van der Waals surface area contributed by atoms with Crippen LogP contribution in [0.25, 0.3) is 0 Å². The van der Waals surface area contributed by atoms with Crippen molar-refractivity contribution in [1.29, 1.82) is 0 Å².